The lowest BCUT2D eigenvalue weighted by Crippen LogP contribution is -2.53. The lowest BCUT2D eigenvalue weighted by Gasteiger charge is -2.22. The molecule has 0 aliphatic carbocycles. The molecule has 0 bridgehead atoms. The van der Waals surface area contributed by atoms with Crippen LogP contribution >= 0.6 is 0 Å². The summed E-state index contributed by atoms with van der Waals surface area (Å²) in [6.07, 6.45) is 8.95. The Balaban J connectivity index is 1.69. The van der Waals surface area contributed by atoms with Gasteiger partial charge in [0.1, 0.15) is 12.1 Å². The number of nitrogens with one attached hydrogen (secondary N) is 1. The number of nitrogens with zero attached hydrogens (tertiary/aromatic N) is 3. The van der Waals surface area contributed by atoms with E-state index in [1.807, 2.05) is 31.2 Å². The van der Waals surface area contributed by atoms with Crippen molar-refractivity contribution in [1.29, 1.82) is 0 Å². The number of pyridine rings is 1. The second-order valence-electron chi connectivity index (χ2n) is 6.90. The van der Waals surface area contributed by atoms with Crippen molar-refractivity contribution in [1.82, 2.24) is 15.5 Å². The Morgan fingerprint density at radius 2 is 2.20 bits per heavy atom. The van der Waals surface area contributed by atoms with Crippen LogP contribution in [0.1, 0.15) is 30.1 Å². The minimum absolute atomic E-state index is 0.0118. The van der Waals surface area contributed by atoms with Crippen LogP contribution in [0.4, 0.5) is 5.82 Å². The minimum Gasteiger partial charge on any atom is -0.484 e. The lowest BCUT2D eigenvalue weighted by atomic mass is 10.1. The second kappa shape index (κ2) is 9.21. The Labute approximate surface area is 174 Å². The summed E-state index contributed by atoms with van der Waals surface area (Å²) >= 11 is 0. The van der Waals surface area contributed by atoms with Crippen molar-refractivity contribution >= 4 is 17.6 Å². The summed E-state index contributed by atoms with van der Waals surface area (Å²) in [5.74, 6) is -0.000174. The molecule has 1 N–H and O–H groups in total. The zero-order valence-corrected chi connectivity index (χ0v) is 17.2. The highest BCUT2D eigenvalue weighted by Gasteiger charge is 2.37. The average molecular weight is 408 g/mol. The smallest absolute Gasteiger partial charge is 0.290 e. The van der Waals surface area contributed by atoms with Crippen LogP contribution in [0.25, 0.3) is 0 Å². The maximum Gasteiger partial charge on any atom is 0.290 e. The zero-order chi connectivity index (χ0) is 21.7. The van der Waals surface area contributed by atoms with Crippen LogP contribution in [0.15, 0.2) is 65.4 Å². The van der Waals surface area contributed by atoms with Gasteiger partial charge in [0.25, 0.3) is 11.8 Å². The molecule has 156 valence electrons. The van der Waals surface area contributed by atoms with Gasteiger partial charge < -0.3 is 14.6 Å². The molecule has 2 aromatic heterocycles. The molecule has 0 unspecified atom stereocenters. The van der Waals surface area contributed by atoms with E-state index < -0.39 is 18.1 Å². The van der Waals surface area contributed by atoms with Crippen LogP contribution in [0, 0.1) is 0 Å². The Kier molecular flexibility index (Phi) is 6.46. The first-order valence-electron chi connectivity index (χ1n) is 9.53. The number of hydrogen-bond acceptors (Lipinski definition) is 6. The fraction of sp³-hybridized carbons (Fsp3) is 0.273. The molecule has 2 atom stereocenters. The van der Waals surface area contributed by atoms with Crippen LogP contribution in [-0.4, -0.2) is 41.1 Å². The first-order chi connectivity index (χ1) is 14.4. The second-order valence-corrected chi connectivity index (χ2v) is 6.90. The molecule has 2 aromatic rings. The summed E-state index contributed by atoms with van der Waals surface area (Å²) in [5, 5.41) is 6.60. The molecule has 0 saturated carbocycles. The summed E-state index contributed by atoms with van der Waals surface area (Å²) in [7, 11) is 1.59. The predicted molar refractivity (Wildman–Crippen MR) is 112 cm³/mol. The summed E-state index contributed by atoms with van der Waals surface area (Å²) in [5.41, 5.74) is 1.39. The van der Waals surface area contributed by atoms with E-state index in [0.29, 0.717) is 23.7 Å². The molecule has 0 spiro atoms. The quantitative estimate of drug-likeness (QED) is 0.738. The van der Waals surface area contributed by atoms with Gasteiger partial charge >= 0.3 is 0 Å². The van der Waals surface area contributed by atoms with E-state index in [-0.39, 0.29) is 11.7 Å². The number of fused-ring (bicyclic) bond motifs is 1. The molecule has 0 saturated heterocycles. The maximum absolute atomic E-state index is 12.9. The van der Waals surface area contributed by atoms with Crippen LogP contribution in [0.2, 0.25) is 0 Å². The van der Waals surface area contributed by atoms with Crippen LogP contribution in [-0.2, 0) is 11.2 Å². The molecule has 1 aliphatic rings. The summed E-state index contributed by atoms with van der Waals surface area (Å²) < 4.78 is 11.0. The highest BCUT2D eigenvalue weighted by molar-refractivity contribution is 6.02. The maximum atomic E-state index is 12.9. The number of rotatable bonds is 6. The molecule has 1 aliphatic heterocycles. The van der Waals surface area contributed by atoms with Crippen molar-refractivity contribution in [2.24, 2.45) is 0 Å². The summed E-state index contributed by atoms with van der Waals surface area (Å²) in [6.45, 7) is 7.59. The molecule has 8 nitrogen and oxygen atoms in total. The number of amides is 2. The molecule has 3 rings (SSSR count). The summed E-state index contributed by atoms with van der Waals surface area (Å²) in [4.78, 5) is 31.1. The summed E-state index contributed by atoms with van der Waals surface area (Å²) in [6, 6.07) is 4.08. The van der Waals surface area contributed by atoms with Crippen LogP contribution in [0.5, 0.6) is 5.75 Å². The average Bonchev–Trinajstić information content (AvgIpc) is 3.16. The monoisotopic (exact) mass is 408 g/mol. The standard InChI is InChI=1S/C22H24N4O4/c1-5-6-7-9-14(2)12-16-13-18(30-25-16)21(27)24-19-15(3)29-17-10-8-11-23-20(17)26(4)22(19)28/h5-11,13,15,19H,2,12H2,1,3-4H3,(H,24,27)/b6-5-,9-7-/t15-,19+/m1/s1. The largest absolute Gasteiger partial charge is 0.484 e. The van der Waals surface area contributed by atoms with E-state index in [2.05, 4.69) is 22.0 Å². The normalized spacial score (nSPS) is 18.9. The Hall–Kier alpha value is -3.68. The Morgan fingerprint density at radius 3 is 2.97 bits per heavy atom. The third kappa shape index (κ3) is 4.65. The van der Waals surface area contributed by atoms with Gasteiger partial charge in [-0.25, -0.2) is 4.98 Å². The number of carbonyl (C=O) groups excluding carboxylic acids is 2. The third-order valence-electron chi connectivity index (χ3n) is 4.56. The highest BCUT2D eigenvalue weighted by atomic mass is 16.5. The van der Waals surface area contributed by atoms with Gasteiger partial charge in [0.15, 0.2) is 11.6 Å². The molecule has 0 fully saturated rings. The van der Waals surface area contributed by atoms with Crippen molar-refractivity contribution in [3.8, 4) is 5.75 Å². The third-order valence-corrected chi connectivity index (χ3v) is 4.56. The van der Waals surface area contributed by atoms with Crippen molar-refractivity contribution in [2.45, 2.75) is 32.4 Å². The molecule has 0 aromatic carbocycles. The Morgan fingerprint density at radius 1 is 1.40 bits per heavy atom. The van der Waals surface area contributed by atoms with Gasteiger partial charge in [-0.05, 0) is 31.6 Å². The van der Waals surface area contributed by atoms with Gasteiger partial charge in [0, 0.05) is 25.7 Å². The van der Waals surface area contributed by atoms with E-state index in [1.54, 1.807) is 32.3 Å². The number of aromatic nitrogens is 2. The van der Waals surface area contributed by atoms with E-state index in [0.717, 1.165) is 5.57 Å². The predicted octanol–water partition coefficient (Wildman–Crippen LogP) is 2.84. The number of ether oxygens (including phenoxy) is 1. The van der Waals surface area contributed by atoms with E-state index in [4.69, 9.17) is 9.26 Å². The van der Waals surface area contributed by atoms with Crippen molar-refractivity contribution < 1.29 is 18.8 Å². The fourth-order valence-corrected chi connectivity index (χ4v) is 3.00. The van der Waals surface area contributed by atoms with E-state index in [1.165, 1.54) is 11.0 Å². The van der Waals surface area contributed by atoms with Crippen molar-refractivity contribution in [3.63, 3.8) is 0 Å². The number of carbonyl (C=O) groups is 2. The SMILES string of the molecule is C=C(/C=C\C=C/C)Cc1cc(C(=O)N[C@@H]2C(=O)N(C)c3ncccc3O[C@@H]2C)on1. The first-order valence-corrected chi connectivity index (χ1v) is 9.53. The highest BCUT2D eigenvalue weighted by Crippen LogP contribution is 2.29. The fourth-order valence-electron chi connectivity index (χ4n) is 3.00. The zero-order valence-electron chi connectivity index (χ0n) is 17.2. The lowest BCUT2D eigenvalue weighted by molar-refractivity contribution is -0.121. The molecular formula is C22H24N4O4. The molecular weight excluding hydrogens is 384 g/mol. The van der Waals surface area contributed by atoms with Gasteiger partial charge in [-0.3, -0.25) is 14.5 Å². The van der Waals surface area contributed by atoms with E-state index in [9.17, 15) is 9.59 Å². The van der Waals surface area contributed by atoms with Gasteiger partial charge in [0.05, 0.1) is 5.69 Å². The van der Waals surface area contributed by atoms with Gasteiger partial charge in [-0.1, -0.05) is 36.0 Å². The number of anilines is 1. The van der Waals surface area contributed by atoms with Gasteiger partial charge in [0.2, 0.25) is 5.76 Å². The molecule has 2 amide bonds. The first kappa shape index (κ1) is 21.0. The van der Waals surface area contributed by atoms with Gasteiger partial charge in [-0.2, -0.15) is 0 Å². The molecule has 8 heteroatoms. The number of hydrogen-bond donors (Lipinski definition) is 1. The number of likely N-dealkylation sites (N-methyl/N-ethyl adjacent to an activating group) is 1. The van der Waals surface area contributed by atoms with Crippen LogP contribution in [0.3, 0.4) is 0 Å². The molecule has 30 heavy (non-hydrogen) atoms. The van der Waals surface area contributed by atoms with Crippen LogP contribution < -0.4 is 15.0 Å². The number of allylic oxidation sites excluding steroid dienone is 5. The van der Waals surface area contributed by atoms with Crippen molar-refractivity contribution in [2.75, 3.05) is 11.9 Å². The minimum atomic E-state index is -0.913. The van der Waals surface area contributed by atoms with E-state index >= 15 is 0 Å². The molecule has 0 radical (unpaired) electrons. The van der Waals surface area contributed by atoms with Gasteiger partial charge in [-0.15, -0.1) is 0 Å². The topological polar surface area (TPSA) is 97.6 Å². The molecule has 3 heterocycles. The van der Waals surface area contributed by atoms with Crippen molar-refractivity contribution in [3.05, 3.63) is 72.3 Å². The Bertz CT molecular complexity index is 1010.